The lowest BCUT2D eigenvalue weighted by atomic mass is 9.94. The maximum absolute atomic E-state index is 5.76. The van der Waals surface area contributed by atoms with E-state index in [0.717, 1.165) is 31.4 Å². The second-order valence-corrected chi connectivity index (χ2v) is 5.80. The van der Waals surface area contributed by atoms with Crippen LogP contribution in [0.15, 0.2) is 0 Å². The van der Waals surface area contributed by atoms with Crippen LogP contribution in [0.1, 0.15) is 47.5 Å². The molecule has 0 aliphatic carbocycles. The van der Waals surface area contributed by atoms with Gasteiger partial charge in [-0.15, -0.1) is 0 Å². The van der Waals surface area contributed by atoms with E-state index in [2.05, 4.69) is 39.9 Å². The summed E-state index contributed by atoms with van der Waals surface area (Å²) in [5, 5.41) is 3.27. The van der Waals surface area contributed by atoms with Crippen molar-refractivity contribution in [3.8, 4) is 0 Å². The van der Waals surface area contributed by atoms with Gasteiger partial charge in [0.2, 0.25) is 0 Å². The Morgan fingerprint density at radius 1 is 1.20 bits per heavy atom. The lowest BCUT2D eigenvalue weighted by Gasteiger charge is -2.23. The third-order valence-electron chi connectivity index (χ3n) is 2.36. The van der Waals surface area contributed by atoms with Crippen LogP contribution in [0.2, 0.25) is 0 Å². The van der Waals surface area contributed by atoms with Crippen molar-refractivity contribution in [2.75, 3.05) is 20.2 Å². The molecule has 0 saturated heterocycles. The zero-order chi connectivity index (χ0) is 11.9. The Balaban J connectivity index is 3.75. The first-order chi connectivity index (χ1) is 6.85. The van der Waals surface area contributed by atoms with Gasteiger partial charge in [0, 0.05) is 6.61 Å². The van der Waals surface area contributed by atoms with E-state index in [1.807, 2.05) is 7.05 Å². The van der Waals surface area contributed by atoms with Gasteiger partial charge in [0.1, 0.15) is 0 Å². The molecule has 0 bridgehead atoms. The highest BCUT2D eigenvalue weighted by atomic mass is 16.5. The van der Waals surface area contributed by atoms with Crippen LogP contribution in [-0.2, 0) is 4.74 Å². The molecule has 0 rings (SSSR count). The Kier molecular flexibility index (Phi) is 7.20. The van der Waals surface area contributed by atoms with E-state index in [-0.39, 0.29) is 5.60 Å². The smallest absolute Gasteiger partial charge is 0.0598 e. The van der Waals surface area contributed by atoms with Crippen molar-refractivity contribution in [2.45, 2.75) is 53.1 Å². The van der Waals surface area contributed by atoms with Crippen molar-refractivity contribution in [2.24, 2.45) is 11.8 Å². The molecule has 0 saturated carbocycles. The minimum absolute atomic E-state index is 0.00201. The molecule has 0 fully saturated rings. The van der Waals surface area contributed by atoms with Gasteiger partial charge in [0.25, 0.3) is 0 Å². The van der Waals surface area contributed by atoms with Crippen LogP contribution < -0.4 is 5.32 Å². The Morgan fingerprint density at radius 3 is 2.20 bits per heavy atom. The molecule has 0 aliphatic rings. The molecule has 0 aromatic heterocycles. The van der Waals surface area contributed by atoms with Crippen molar-refractivity contribution in [3.63, 3.8) is 0 Å². The van der Waals surface area contributed by atoms with Gasteiger partial charge >= 0.3 is 0 Å². The van der Waals surface area contributed by atoms with Crippen LogP contribution in [0.4, 0.5) is 0 Å². The quantitative estimate of drug-likeness (QED) is 0.704. The standard InChI is InChI=1S/C13H29NO/c1-11(2)9-12(10-14-6)7-8-15-13(3,4)5/h11-12,14H,7-10H2,1-6H3. The normalized spacial score (nSPS) is 14.6. The molecule has 2 heteroatoms. The third-order valence-corrected chi connectivity index (χ3v) is 2.36. The maximum atomic E-state index is 5.76. The molecule has 92 valence electrons. The second kappa shape index (κ2) is 7.24. The Morgan fingerprint density at radius 2 is 1.80 bits per heavy atom. The van der Waals surface area contributed by atoms with E-state index in [0.29, 0.717) is 0 Å². The summed E-state index contributed by atoms with van der Waals surface area (Å²) in [6.07, 6.45) is 2.45. The molecule has 0 spiro atoms. The van der Waals surface area contributed by atoms with E-state index in [4.69, 9.17) is 4.74 Å². The fourth-order valence-electron chi connectivity index (χ4n) is 1.79. The summed E-state index contributed by atoms with van der Waals surface area (Å²) >= 11 is 0. The van der Waals surface area contributed by atoms with Gasteiger partial charge in [-0.25, -0.2) is 0 Å². The summed E-state index contributed by atoms with van der Waals surface area (Å²) in [5.74, 6) is 1.52. The summed E-state index contributed by atoms with van der Waals surface area (Å²) in [6, 6.07) is 0. The first kappa shape index (κ1) is 14.9. The minimum Gasteiger partial charge on any atom is -0.376 e. The highest BCUT2D eigenvalue weighted by Crippen LogP contribution is 2.16. The maximum Gasteiger partial charge on any atom is 0.0598 e. The van der Waals surface area contributed by atoms with Crippen molar-refractivity contribution in [1.82, 2.24) is 5.32 Å². The van der Waals surface area contributed by atoms with Gasteiger partial charge < -0.3 is 10.1 Å². The summed E-state index contributed by atoms with van der Waals surface area (Å²) in [7, 11) is 2.03. The molecular formula is C13H29NO. The first-order valence-corrected chi connectivity index (χ1v) is 6.13. The second-order valence-electron chi connectivity index (χ2n) is 5.80. The molecule has 15 heavy (non-hydrogen) atoms. The predicted octanol–water partition coefficient (Wildman–Crippen LogP) is 3.07. The summed E-state index contributed by atoms with van der Waals surface area (Å²) in [4.78, 5) is 0. The van der Waals surface area contributed by atoms with Crippen molar-refractivity contribution < 1.29 is 4.74 Å². The van der Waals surface area contributed by atoms with E-state index >= 15 is 0 Å². The Bertz CT molecular complexity index is 149. The zero-order valence-electron chi connectivity index (χ0n) is 11.4. The molecule has 1 N–H and O–H groups in total. The van der Waals surface area contributed by atoms with Crippen LogP contribution >= 0.6 is 0 Å². The van der Waals surface area contributed by atoms with E-state index in [1.165, 1.54) is 6.42 Å². The SMILES string of the molecule is CNCC(CCOC(C)(C)C)CC(C)C. The number of hydrogen-bond donors (Lipinski definition) is 1. The zero-order valence-corrected chi connectivity index (χ0v) is 11.4. The molecule has 1 atom stereocenters. The van der Waals surface area contributed by atoms with Crippen LogP contribution in [0.3, 0.4) is 0 Å². The molecule has 0 heterocycles. The minimum atomic E-state index is 0.00201. The van der Waals surface area contributed by atoms with Gasteiger partial charge in [-0.3, -0.25) is 0 Å². The average molecular weight is 215 g/mol. The largest absolute Gasteiger partial charge is 0.376 e. The predicted molar refractivity (Wildman–Crippen MR) is 67.2 cm³/mol. The van der Waals surface area contributed by atoms with E-state index < -0.39 is 0 Å². The molecule has 0 amide bonds. The van der Waals surface area contributed by atoms with E-state index in [9.17, 15) is 0 Å². The molecule has 0 aromatic carbocycles. The van der Waals surface area contributed by atoms with Gasteiger partial charge in [-0.05, 0) is 59.0 Å². The summed E-state index contributed by atoms with van der Waals surface area (Å²) in [6.45, 7) is 12.9. The molecule has 1 unspecified atom stereocenters. The summed E-state index contributed by atoms with van der Waals surface area (Å²) in [5.41, 5.74) is 0.00201. The number of rotatable bonds is 7. The van der Waals surface area contributed by atoms with Gasteiger partial charge in [-0.2, -0.15) is 0 Å². The molecule has 0 aliphatic heterocycles. The fraction of sp³-hybridized carbons (Fsp3) is 1.00. The fourth-order valence-corrected chi connectivity index (χ4v) is 1.79. The lowest BCUT2D eigenvalue weighted by molar-refractivity contribution is -0.01000. The van der Waals surface area contributed by atoms with Crippen LogP contribution in [0.5, 0.6) is 0 Å². The third kappa shape index (κ3) is 10.2. The van der Waals surface area contributed by atoms with Crippen LogP contribution in [0, 0.1) is 11.8 Å². The van der Waals surface area contributed by atoms with Gasteiger partial charge in [0.15, 0.2) is 0 Å². The highest BCUT2D eigenvalue weighted by Gasteiger charge is 2.13. The molecule has 0 radical (unpaired) electrons. The van der Waals surface area contributed by atoms with Gasteiger partial charge in [0.05, 0.1) is 5.60 Å². The number of ether oxygens (including phenoxy) is 1. The Labute approximate surface area is 95.8 Å². The monoisotopic (exact) mass is 215 g/mol. The highest BCUT2D eigenvalue weighted by molar-refractivity contribution is 4.65. The topological polar surface area (TPSA) is 21.3 Å². The van der Waals surface area contributed by atoms with Crippen molar-refractivity contribution in [1.29, 1.82) is 0 Å². The van der Waals surface area contributed by atoms with Crippen molar-refractivity contribution in [3.05, 3.63) is 0 Å². The first-order valence-electron chi connectivity index (χ1n) is 6.13. The number of hydrogen-bond acceptors (Lipinski definition) is 2. The van der Waals surface area contributed by atoms with Gasteiger partial charge in [-0.1, -0.05) is 13.8 Å². The van der Waals surface area contributed by atoms with Crippen LogP contribution in [0.25, 0.3) is 0 Å². The molecular weight excluding hydrogens is 186 g/mol. The van der Waals surface area contributed by atoms with E-state index in [1.54, 1.807) is 0 Å². The van der Waals surface area contributed by atoms with Crippen LogP contribution in [-0.4, -0.2) is 25.8 Å². The average Bonchev–Trinajstić information content (AvgIpc) is 2.00. The summed E-state index contributed by atoms with van der Waals surface area (Å²) < 4.78 is 5.76. The Hall–Kier alpha value is -0.0800. The molecule has 0 aromatic rings. The lowest BCUT2D eigenvalue weighted by Crippen LogP contribution is -2.25. The number of nitrogens with one attached hydrogen (secondary N) is 1. The molecule has 2 nitrogen and oxygen atoms in total. The van der Waals surface area contributed by atoms with Crippen molar-refractivity contribution >= 4 is 0 Å².